The summed E-state index contributed by atoms with van der Waals surface area (Å²) in [5, 5.41) is 0. The Morgan fingerprint density at radius 2 is 2.38 bits per heavy atom. The molecule has 0 spiro atoms. The second-order valence-corrected chi connectivity index (χ2v) is 4.17. The molecule has 4 nitrogen and oxygen atoms in total. The summed E-state index contributed by atoms with van der Waals surface area (Å²) in [6, 6.07) is 6.15. The fraction of sp³-hybridized carbons (Fsp3) is 0.500. The van der Waals surface area contributed by atoms with Crippen molar-refractivity contribution in [2.75, 3.05) is 6.54 Å². The van der Waals surface area contributed by atoms with E-state index in [1.807, 2.05) is 30.0 Å². The van der Waals surface area contributed by atoms with Gasteiger partial charge >= 0.3 is 0 Å². The third-order valence-electron chi connectivity index (χ3n) is 2.94. The van der Waals surface area contributed by atoms with Crippen LogP contribution < -0.4 is 5.73 Å². The Hall–Kier alpha value is -1.42. The van der Waals surface area contributed by atoms with Crippen LogP contribution in [0.1, 0.15) is 31.5 Å². The predicted octanol–water partition coefficient (Wildman–Crippen LogP) is 1.09. The minimum absolute atomic E-state index is 0.0145. The lowest BCUT2D eigenvalue weighted by Crippen LogP contribution is -2.39. The summed E-state index contributed by atoms with van der Waals surface area (Å²) in [5.41, 5.74) is 6.37. The van der Waals surface area contributed by atoms with Crippen molar-refractivity contribution in [3.05, 3.63) is 30.1 Å². The van der Waals surface area contributed by atoms with Crippen LogP contribution in [0.5, 0.6) is 0 Å². The van der Waals surface area contributed by atoms with Crippen molar-refractivity contribution in [2.24, 2.45) is 5.73 Å². The molecule has 1 atom stereocenters. The summed E-state index contributed by atoms with van der Waals surface area (Å²) >= 11 is 0. The van der Waals surface area contributed by atoms with Crippen LogP contribution in [0, 0.1) is 0 Å². The van der Waals surface area contributed by atoms with Crippen LogP contribution in [0.3, 0.4) is 0 Å². The number of nitrogens with two attached hydrogens (primary N) is 1. The topological polar surface area (TPSA) is 59.2 Å². The molecule has 0 saturated heterocycles. The van der Waals surface area contributed by atoms with Crippen molar-refractivity contribution < 1.29 is 4.79 Å². The van der Waals surface area contributed by atoms with Gasteiger partial charge in [0.05, 0.1) is 18.3 Å². The molecule has 0 radical (unpaired) electrons. The summed E-state index contributed by atoms with van der Waals surface area (Å²) in [7, 11) is 0. The molecule has 1 aromatic heterocycles. The summed E-state index contributed by atoms with van der Waals surface area (Å²) in [5.74, 6) is 0.0145. The molecule has 0 aromatic carbocycles. The third kappa shape index (κ3) is 2.22. The summed E-state index contributed by atoms with van der Waals surface area (Å²) < 4.78 is 0. The molecular weight excluding hydrogens is 202 g/mol. The first kappa shape index (κ1) is 11.1. The largest absolute Gasteiger partial charge is 0.330 e. The van der Waals surface area contributed by atoms with Crippen molar-refractivity contribution >= 4 is 5.91 Å². The molecular formula is C12H17N3O. The number of rotatable bonds is 4. The Bertz CT molecular complexity index is 362. The molecule has 0 bridgehead atoms. The zero-order valence-corrected chi connectivity index (χ0v) is 9.47. The highest BCUT2D eigenvalue weighted by Gasteiger charge is 2.35. The lowest BCUT2D eigenvalue weighted by Gasteiger charge is -2.28. The highest BCUT2D eigenvalue weighted by molar-refractivity contribution is 5.79. The Kier molecular flexibility index (Phi) is 3.19. The van der Waals surface area contributed by atoms with E-state index in [9.17, 15) is 4.79 Å². The van der Waals surface area contributed by atoms with Gasteiger partial charge < -0.3 is 10.6 Å². The molecule has 4 heteroatoms. The van der Waals surface area contributed by atoms with E-state index in [1.54, 1.807) is 6.20 Å². The highest BCUT2D eigenvalue weighted by Crippen LogP contribution is 2.33. The van der Waals surface area contributed by atoms with Gasteiger partial charge in [-0.3, -0.25) is 9.78 Å². The van der Waals surface area contributed by atoms with Gasteiger partial charge in [-0.05, 0) is 31.9 Å². The molecule has 1 aromatic rings. The van der Waals surface area contributed by atoms with Gasteiger partial charge in [-0.25, -0.2) is 0 Å². The van der Waals surface area contributed by atoms with Crippen molar-refractivity contribution in [1.29, 1.82) is 0 Å². The van der Waals surface area contributed by atoms with Crippen LogP contribution in [0.2, 0.25) is 0 Å². The van der Waals surface area contributed by atoms with Crippen molar-refractivity contribution in [3.8, 4) is 0 Å². The van der Waals surface area contributed by atoms with E-state index < -0.39 is 0 Å². The first-order valence-electron chi connectivity index (χ1n) is 5.66. The molecule has 0 aliphatic heterocycles. The van der Waals surface area contributed by atoms with Crippen molar-refractivity contribution in [1.82, 2.24) is 9.88 Å². The van der Waals surface area contributed by atoms with Crippen LogP contribution in [-0.4, -0.2) is 28.4 Å². The predicted molar refractivity (Wildman–Crippen MR) is 61.6 cm³/mol. The molecule has 1 saturated carbocycles. The van der Waals surface area contributed by atoms with Gasteiger partial charge in [0.1, 0.15) is 0 Å². The second kappa shape index (κ2) is 4.61. The Morgan fingerprint density at radius 3 is 2.88 bits per heavy atom. The number of carbonyl (C=O) groups is 1. The number of aromatic nitrogens is 1. The maximum Gasteiger partial charge on any atom is 0.237 e. The van der Waals surface area contributed by atoms with Gasteiger partial charge in [0.25, 0.3) is 0 Å². The number of amides is 1. The SMILES string of the molecule is CC(c1ccccn1)N(C(=O)CN)C1CC1. The summed E-state index contributed by atoms with van der Waals surface area (Å²) in [6.45, 7) is 2.09. The Morgan fingerprint density at radius 1 is 1.62 bits per heavy atom. The lowest BCUT2D eigenvalue weighted by atomic mass is 10.1. The van der Waals surface area contributed by atoms with Crippen LogP contribution in [0.25, 0.3) is 0 Å². The molecule has 1 aliphatic rings. The average Bonchev–Trinajstić information content (AvgIpc) is 3.14. The molecule has 16 heavy (non-hydrogen) atoms. The number of hydrogen-bond donors (Lipinski definition) is 1. The van der Waals surface area contributed by atoms with Gasteiger partial charge in [0.15, 0.2) is 0 Å². The van der Waals surface area contributed by atoms with E-state index in [4.69, 9.17) is 5.73 Å². The minimum atomic E-state index is 0.0145. The van der Waals surface area contributed by atoms with E-state index in [0.717, 1.165) is 18.5 Å². The highest BCUT2D eigenvalue weighted by atomic mass is 16.2. The molecule has 1 unspecified atom stereocenters. The molecule has 1 heterocycles. The van der Waals surface area contributed by atoms with Crippen molar-refractivity contribution in [2.45, 2.75) is 31.8 Å². The normalized spacial score (nSPS) is 16.9. The fourth-order valence-corrected chi connectivity index (χ4v) is 1.96. The van der Waals surface area contributed by atoms with E-state index in [-0.39, 0.29) is 18.5 Å². The van der Waals surface area contributed by atoms with E-state index in [0.29, 0.717) is 6.04 Å². The fourth-order valence-electron chi connectivity index (χ4n) is 1.96. The molecule has 1 aliphatic carbocycles. The summed E-state index contributed by atoms with van der Waals surface area (Å²) in [6.07, 6.45) is 3.93. The average molecular weight is 219 g/mol. The molecule has 1 amide bonds. The zero-order valence-electron chi connectivity index (χ0n) is 9.47. The number of hydrogen-bond acceptors (Lipinski definition) is 3. The van der Waals surface area contributed by atoms with E-state index in [1.165, 1.54) is 0 Å². The van der Waals surface area contributed by atoms with Crippen LogP contribution in [-0.2, 0) is 4.79 Å². The first-order chi connectivity index (χ1) is 7.74. The van der Waals surface area contributed by atoms with Gasteiger partial charge in [-0.15, -0.1) is 0 Å². The van der Waals surface area contributed by atoms with E-state index >= 15 is 0 Å². The maximum absolute atomic E-state index is 11.8. The number of pyridine rings is 1. The second-order valence-electron chi connectivity index (χ2n) is 4.17. The van der Waals surface area contributed by atoms with Gasteiger partial charge in [0.2, 0.25) is 5.91 Å². The van der Waals surface area contributed by atoms with Gasteiger partial charge in [-0.2, -0.15) is 0 Å². The number of carbonyl (C=O) groups excluding carboxylic acids is 1. The molecule has 86 valence electrons. The molecule has 2 rings (SSSR count). The first-order valence-corrected chi connectivity index (χ1v) is 5.66. The van der Waals surface area contributed by atoms with Gasteiger partial charge in [0, 0.05) is 12.2 Å². The Labute approximate surface area is 95.5 Å². The maximum atomic E-state index is 11.8. The van der Waals surface area contributed by atoms with Crippen molar-refractivity contribution in [3.63, 3.8) is 0 Å². The van der Waals surface area contributed by atoms with Crippen LogP contribution in [0.4, 0.5) is 0 Å². The van der Waals surface area contributed by atoms with Crippen LogP contribution >= 0.6 is 0 Å². The van der Waals surface area contributed by atoms with Gasteiger partial charge in [-0.1, -0.05) is 6.07 Å². The number of nitrogens with zero attached hydrogens (tertiary/aromatic N) is 2. The standard InChI is InChI=1S/C12H17N3O/c1-9(11-4-2-3-7-14-11)15(10-5-6-10)12(16)8-13/h2-4,7,9-10H,5-6,8,13H2,1H3. The quantitative estimate of drug-likeness (QED) is 0.824. The smallest absolute Gasteiger partial charge is 0.237 e. The zero-order chi connectivity index (χ0) is 11.5. The lowest BCUT2D eigenvalue weighted by molar-refractivity contribution is -0.132. The monoisotopic (exact) mass is 219 g/mol. The third-order valence-corrected chi connectivity index (χ3v) is 2.94. The molecule has 1 fully saturated rings. The van der Waals surface area contributed by atoms with E-state index in [2.05, 4.69) is 4.98 Å². The minimum Gasteiger partial charge on any atom is -0.330 e. The molecule has 2 N–H and O–H groups in total. The van der Waals surface area contributed by atoms with Crippen LogP contribution in [0.15, 0.2) is 24.4 Å². The Balaban J connectivity index is 2.17. The summed E-state index contributed by atoms with van der Waals surface area (Å²) in [4.78, 5) is 18.0.